The first-order valence-electron chi connectivity index (χ1n) is 5.61. The Balaban J connectivity index is 2.08. The van der Waals surface area contributed by atoms with Crippen molar-refractivity contribution < 1.29 is 0 Å². The fraction of sp³-hybridized carbons (Fsp3) is 0.167. The number of benzene rings is 1. The van der Waals surface area contributed by atoms with Crippen LogP contribution in [0.2, 0.25) is 0 Å². The summed E-state index contributed by atoms with van der Waals surface area (Å²) in [5, 5.41) is 8.10. The molecular weight excluding hydrogens is 228 g/mol. The van der Waals surface area contributed by atoms with Gasteiger partial charge in [-0.1, -0.05) is 35.5 Å². The zero-order chi connectivity index (χ0) is 12.5. The zero-order valence-electron chi connectivity index (χ0n) is 9.91. The first-order valence-corrected chi connectivity index (χ1v) is 5.61. The number of aryl methyl sites for hydroxylation is 1. The lowest BCUT2D eigenvalue weighted by Crippen LogP contribution is -2.04. The maximum absolute atomic E-state index is 5.80. The molecule has 2 N–H and O–H groups in total. The monoisotopic (exact) mass is 240 g/mol. The van der Waals surface area contributed by atoms with Crippen LogP contribution in [-0.2, 0) is 6.54 Å². The second-order valence-corrected chi connectivity index (χ2v) is 4.06. The Morgan fingerprint density at radius 3 is 2.72 bits per heavy atom. The lowest BCUT2D eigenvalue weighted by Gasteiger charge is -2.02. The minimum atomic E-state index is 0.372. The second-order valence-electron chi connectivity index (χ2n) is 4.06. The number of hydrogen-bond acceptors (Lipinski definition) is 5. The van der Waals surface area contributed by atoms with E-state index in [0.717, 1.165) is 5.56 Å². The van der Waals surface area contributed by atoms with E-state index < -0.39 is 0 Å². The number of fused-ring (bicyclic) bond motifs is 1. The van der Waals surface area contributed by atoms with Gasteiger partial charge >= 0.3 is 0 Å². The fourth-order valence-corrected chi connectivity index (χ4v) is 1.85. The summed E-state index contributed by atoms with van der Waals surface area (Å²) in [6.45, 7) is 2.42. The van der Waals surface area contributed by atoms with Gasteiger partial charge in [0.05, 0.1) is 6.54 Å². The predicted octanol–water partition coefficient (Wildman–Crippen LogP) is 1.16. The van der Waals surface area contributed by atoms with E-state index in [9.17, 15) is 0 Å². The summed E-state index contributed by atoms with van der Waals surface area (Å²) in [6.07, 6.45) is 0. The zero-order valence-corrected chi connectivity index (χ0v) is 9.91. The number of hydrogen-bond donors (Lipinski definition) is 1. The van der Waals surface area contributed by atoms with Crippen LogP contribution in [0.3, 0.4) is 0 Å². The van der Waals surface area contributed by atoms with Gasteiger partial charge in [0.15, 0.2) is 17.0 Å². The van der Waals surface area contributed by atoms with E-state index in [-0.39, 0.29) is 0 Å². The third kappa shape index (κ3) is 1.77. The van der Waals surface area contributed by atoms with Crippen LogP contribution in [-0.4, -0.2) is 25.0 Å². The maximum Gasteiger partial charge on any atom is 0.184 e. The van der Waals surface area contributed by atoms with Gasteiger partial charge in [0.25, 0.3) is 0 Å². The third-order valence-electron chi connectivity index (χ3n) is 2.68. The molecule has 0 fully saturated rings. The number of anilines is 1. The summed E-state index contributed by atoms with van der Waals surface area (Å²) in [5.41, 5.74) is 8.16. The number of aromatic nitrogens is 5. The van der Waals surface area contributed by atoms with Crippen LogP contribution in [0.25, 0.3) is 11.2 Å². The largest absolute Gasteiger partial charge is 0.382 e. The molecule has 0 atom stereocenters. The van der Waals surface area contributed by atoms with E-state index in [1.54, 1.807) is 11.6 Å². The van der Waals surface area contributed by atoms with Crippen LogP contribution in [0.15, 0.2) is 30.3 Å². The lowest BCUT2D eigenvalue weighted by atomic mass is 10.2. The number of nitrogen functional groups attached to an aromatic ring is 1. The van der Waals surface area contributed by atoms with Gasteiger partial charge in [-0.3, -0.25) is 0 Å². The van der Waals surface area contributed by atoms with Gasteiger partial charge in [-0.2, -0.15) is 0 Å². The maximum atomic E-state index is 5.80. The predicted molar refractivity (Wildman–Crippen MR) is 67.8 cm³/mol. The molecule has 0 aliphatic carbocycles. The number of nitrogens with two attached hydrogens (primary N) is 1. The van der Waals surface area contributed by atoms with E-state index in [4.69, 9.17) is 5.73 Å². The van der Waals surface area contributed by atoms with E-state index in [1.165, 1.54) is 0 Å². The molecule has 18 heavy (non-hydrogen) atoms. The molecule has 0 saturated heterocycles. The van der Waals surface area contributed by atoms with Crippen molar-refractivity contribution in [1.29, 1.82) is 0 Å². The van der Waals surface area contributed by atoms with E-state index in [1.807, 2.05) is 30.3 Å². The van der Waals surface area contributed by atoms with Crippen LogP contribution >= 0.6 is 0 Å². The van der Waals surface area contributed by atoms with Crippen LogP contribution in [0, 0.1) is 6.92 Å². The molecule has 6 heteroatoms. The van der Waals surface area contributed by atoms with Crippen LogP contribution < -0.4 is 5.73 Å². The molecular formula is C12H12N6. The first-order chi connectivity index (χ1) is 8.74. The molecule has 1 aromatic carbocycles. The summed E-state index contributed by atoms with van der Waals surface area (Å²) in [7, 11) is 0. The molecule has 0 aliphatic heterocycles. The summed E-state index contributed by atoms with van der Waals surface area (Å²) >= 11 is 0. The van der Waals surface area contributed by atoms with Crippen LogP contribution in [0.1, 0.15) is 11.4 Å². The first kappa shape index (κ1) is 10.6. The molecule has 2 aromatic heterocycles. The Morgan fingerprint density at radius 2 is 1.94 bits per heavy atom. The van der Waals surface area contributed by atoms with Crippen molar-refractivity contribution in [1.82, 2.24) is 25.0 Å². The average Bonchev–Trinajstić information content (AvgIpc) is 2.74. The van der Waals surface area contributed by atoms with Crippen LogP contribution in [0.5, 0.6) is 0 Å². The SMILES string of the molecule is Cc1nc(N)c2nnn(Cc3ccccc3)c2n1. The minimum absolute atomic E-state index is 0.372. The average molecular weight is 240 g/mol. The van der Waals surface area contributed by atoms with Gasteiger partial charge in [0, 0.05) is 0 Å². The van der Waals surface area contributed by atoms with E-state index in [2.05, 4.69) is 20.3 Å². The van der Waals surface area contributed by atoms with Crippen molar-refractivity contribution in [2.24, 2.45) is 0 Å². The number of nitrogens with zero attached hydrogens (tertiary/aromatic N) is 5. The van der Waals surface area contributed by atoms with Gasteiger partial charge in [-0.15, -0.1) is 5.10 Å². The van der Waals surface area contributed by atoms with Crippen molar-refractivity contribution >= 4 is 17.0 Å². The molecule has 0 spiro atoms. The van der Waals surface area contributed by atoms with E-state index >= 15 is 0 Å². The molecule has 0 saturated carbocycles. The van der Waals surface area contributed by atoms with E-state index in [0.29, 0.717) is 29.4 Å². The minimum Gasteiger partial charge on any atom is -0.382 e. The van der Waals surface area contributed by atoms with Gasteiger partial charge in [0.2, 0.25) is 0 Å². The summed E-state index contributed by atoms with van der Waals surface area (Å²) in [4.78, 5) is 8.41. The number of rotatable bonds is 2. The highest BCUT2D eigenvalue weighted by molar-refractivity contribution is 5.80. The Hall–Kier alpha value is -2.50. The van der Waals surface area contributed by atoms with Crippen LogP contribution in [0.4, 0.5) is 5.82 Å². The Bertz CT molecular complexity index is 688. The summed E-state index contributed by atoms with van der Waals surface area (Å²) < 4.78 is 1.73. The molecule has 0 aliphatic rings. The Morgan fingerprint density at radius 1 is 1.17 bits per heavy atom. The topological polar surface area (TPSA) is 82.5 Å². The highest BCUT2D eigenvalue weighted by Crippen LogP contribution is 2.15. The quantitative estimate of drug-likeness (QED) is 0.726. The molecule has 0 radical (unpaired) electrons. The molecule has 90 valence electrons. The molecule has 3 rings (SSSR count). The van der Waals surface area contributed by atoms with Crippen molar-refractivity contribution in [2.45, 2.75) is 13.5 Å². The van der Waals surface area contributed by atoms with Gasteiger partial charge in [-0.25, -0.2) is 14.6 Å². The Kier molecular flexibility index (Phi) is 2.40. The molecule has 2 heterocycles. The van der Waals surface area contributed by atoms with Gasteiger partial charge in [-0.05, 0) is 12.5 Å². The van der Waals surface area contributed by atoms with Gasteiger partial charge in [0.1, 0.15) is 5.82 Å². The smallest absolute Gasteiger partial charge is 0.184 e. The van der Waals surface area contributed by atoms with Crippen molar-refractivity contribution in [3.05, 3.63) is 41.7 Å². The third-order valence-corrected chi connectivity index (χ3v) is 2.68. The Labute approximate surface area is 103 Å². The highest BCUT2D eigenvalue weighted by Gasteiger charge is 2.11. The molecule has 0 bridgehead atoms. The molecule has 0 amide bonds. The molecule has 0 unspecified atom stereocenters. The summed E-state index contributed by atoms with van der Waals surface area (Å²) in [6, 6.07) is 10.0. The summed E-state index contributed by atoms with van der Waals surface area (Å²) in [5.74, 6) is 0.994. The van der Waals surface area contributed by atoms with Gasteiger partial charge < -0.3 is 5.73 Å². The lowest BCUT2D eigenvalue weighted by molar-refractivity contribution is 0.663. The highest BCUT2D eigenvalue weighted by atomic mass is 15.4. The van der Waals surface area contributed by atoms with Crippen molar-refractivity contribution in [3.8, 4) is 0 Å². The standard InChI is InChI=1S/C12H12N6/c1-8-14-11(13)10-12(15-8)18(17-16-10)7-9-5-3-2-4-6-9/h2-6H,7H2,1H3,(H2,13,14,15). The molecule has 6 nitrogen and oxygen atoms in total. The second kappa shape index (κ2) is 4.06. The van der Waals surface area contributed by atoms with Crippen molar-refractivity contribution in [2.75, 3.05) is 5.73 Å². The normalized spacial score (nSPS) is 10.9. The fourth-order valence-electron chi connectivity index (χ4n) is 1.85. The molecule has 3 aromatic rings. The van der Waals surface area contributed by atoms with Crippen molar-refractivity contribution in [3.63, 3.8) is 0 Å².